The van der Waals surface area contributed by atoms with Gasteiger partial charge in [0.25, 0.3) is 0 Å². The molecule has 0 bridgehead atoms. The Morgan fingerprint density at radius 1 is 1.40 bits per heavy atom. The first-order valence-electron chi connectivity index (χ1n) is 5.92. The molecule has 2 amide bonds. The van der Waals surface area contributed by atoms with E-state index >= 15 is 0 Å². The van der Waals surface area contributed by atoms with Crippen molar-refractivity contribution in [3.8, 4) is 5.75 Å². The van der Waals surface area contributed by atoms with E-state index < -0.39 is 5.97 Å². The molecular weight excluding hydrogens is 284 g/mol. The zero-order valence-corrected chi connectivity index (χ0v) is 12.5. The molecule has 0 saturated heterocycles. The summed E-state index contributed by atoms with van der Waals surface area (Å²) in [5, 5.41) is 11.8. The SMILES string of the molecule is COc1cc(NC(=O)N(C)C(C)C)c(Cl)cc1C(=O)O. The van der Waals surface area contributed by atoms with Crippen LogP contribution in [0, 0.1) is 0 Å². The van der Waals surface area contributed by atoms with Crippen LogP contribution in [-0.4, -0.2) is 42.2 Å². The molecule has 20 heavy (non-hydrogen) atoms. The smallest absolute Gasteiger partial charge is 0.339 e. The van der Waals surface area contributed by atoms with Gasteiger partial charge in [0.05, 0.1) is 17.8 Å². The average molecular weight is 301 g/mol. The van der Waals surface area contributed by atoms with Gasteiger partial charge in [-0.1, -0.05) is 11.6 Å². The molecule has 0 spiro atoms. The predicted molar refractivity (Wildman–Crippen MR) is 76.9 cm³/mol. The molecule has 0 aliphatic heterocycles. The van der Waals surface area contributed by atoms with E-state index in [1.165, 1.54) is 24.1 Å². The van der Waals surface area contributed by atoms with E-state index in [2.05, 4.69) is 5.32 Å². The first-order chi connectivity index (χ1) is 9.27. The molecule has 0 aliphatic carbocycles. The third kappa shape index (κ3) is 3.54. The zero-order chi connectivity index (χ0) is 15.4. The van der Waals surface area contributed by atoms with Crippen molar-refractivity contribution in [2.75, 3.05) is 19.5 Å². The number of amides is 2. The van der Waals surface area contributed by atoms with Crippen LogP contribution in [-0.2, 0) is 0 Å². The summed E-state index contributed by atoms with van der Waals surface area (Å²) < 4.78 is 4.99. The first kappa shape index (κ1) is 16.1. The minimum absolute atomic E-state index is 0.0222. The van der Waals surface area contributed by atoms with Crippen molar-refractivity contribution >= 4 is 29.3 Å². The zero-order valence-electron chi connectivity index (χ0n) is 11.7. The summed E-state index contributed by atoms with van der Waals surface area (Å²) in [6.45, 7) is 3.74. The van der Waals surface area contributed by atoms with Crippen molar-refractivity contribution < 1.29 is 19.4 Å². The number of benzene rings is 1. The fourth-order valence-electron chi connectivity index (χ4n) is 1.42. The van der Waals surface area contributed by atoms with Crippen molar-refractivity contribution in [3.63, 3.8) is 0 Å². The second-order valence-electron chi connectivity index (χ2n) is 4.47. The monoisotopic (exact) mass is 300 g/mol. The number of hydrogen-bond donors (Lipinski definition) is 2. The van der Waals surface area contributed by atoms with Crippen molar-refractivity contribution in [1.82, 2.24) is 4.90 Å². The highest BCUT2D eigenvalue weighted by Gasteiger charge is 2.18. The fraction of sp³-hybridized carbons (Fsp3) is 0.385. The fourth-order valence-corrected chi connectivity index (χ4v) is 1.63. The molecule has 6 nitrogen and oxygen atoms in total. The summed E-state index contributed by atoms with van der Waals surface area (Å²) in [7, 11) is 3.00. The summed E-state index contributed by atoms with van der Waals surface area (Å²) in [6, 6.07) is 2.31. The first-order valence-corrected chi connectivity index (χ1v) is 6.30. The standard InChI is InChI=1S/C13H17ClN2O4/c1-7(2)16(3)13(19)15-10-6-11(20-4)8(12(17)18)5-9(10)14/h5-7H,1-4H3,(H,15,19)(H,17,18). The van der Waals surface area contributed by atoms with E-state index in [1.54, 1.807) is 7.05 Å². The minimum Gasteiger partial charge on any atom is -0.496 e. The maximum atomic E-state index is 11.9. The molecule has 7 heteroatoms. The van der Waals surface area contributed by atoms with Gasteiger partial charge < -0.3 is 20.1 Å². The third-order valence-corrected chi connectivity index (χ3v) is 3.17. The number of aromatic carboxylic acids is 1. The van der Waals surface area contributed by atoms with Crippen LogP contribution in [0.1, 0.15) is 24.2 Å². The number of ether oxygens (including phenoxy) is 1. The molecule has 0 unspecified atom stereocenters. The van der Waals surface area contributed by atoms with Crippen LogP contribution >= 0.6 is 11.6 Å². The van der Waals surface area contributed by atoms with E-state index in [-0.39, 0.29) is 28.4 Å². The Morgan fingerprint density at radius 3 is 2.45 bits per heavy atom. The molecule has 0 heterocycles. The Bertz CT molecular complexity index is 531. The molecule has 1 aromatic carbocycles. The highest BCUT2D eigenvalue weighted by molar-refractivity contribution is 6.34. The van der Waals surface area contributed by atoms with E-state index in [0.717, 1.165) is 0 Å². The maximum Gasteiger partial charge on any atom is 0.339 e. The van der Waals surface area contributed by atoms with Crippen LogP contribution in [0.5, 0.6) is 5.75 Å². The second kappa shape index (κ2) is 6.47. The number of carbonyl (C=O) groups excluding carboxylic acids is 1. The number of nitrogens with one attached hydrogen (secondary N) is 1. The summed E-state index contributed by atoms with van der Waals surface area (Å²) in [5.41, 5.74) is 0.235. The number of methoxy groups -OCH3 is 1. The van der Waals surface area contributed by atoms with Gasteiger partial charge >= 0.3 is 12.0 Å². The normalized spacial score (nSPS) is 10.3. The van der Waals surface area contributed by atoms with E-state index in [1.807, 2.05) is 13.8 Å². The van der Waals surface area contributed by atoms with Crippen molar-refractivity contribution in [3.05, 3.63) is 22.7 Å². The third-order valence-electron chi connectivity index (χ3n) is 2.86. The summed E-state index contributed by atoms with van der Waals surface area (Å²) in [4.78, 5) is 24.4. The predicted octanol–water partition coefficient (Wildman–Crippen LogP) is 2.92. The van der Waals surface area contributed by atoms with Crippen molar-refractivity contribution in [2.24, 2.45) is 0 Å². The summed E-state index contributed by atoms with van der Waals surface area (Å²) in [6.07, 6.45) is 0. The van der Waals surface area contributed by atoms with Crippen LogP contribution in [0.3, 0.4) is 0 Å². The Labute approximate surface area is 122 Å². The summed E-state index contributed by atoms with van der Waals surface area (Å²) >= 11 is 5.98. The Balaban J connectivity index is 3.08. The largest absolute Gasteiger partial charge is 0.496 e. The van der Waals surface area contributed by atoms with Gasteiger partial charge in [-0.05, 0) is 19.9 Å². The molecule has 2 N–H and O–H groups in total. The Morgan fingerprint density at radius 2 is 2.00 bits per heavy atom. The number of carbonyl (C=O) groups is 2. The molecule has 0 atom stereocenters. The number of halogens is 1. The van der Waals surface area contributed by atoms with Gasteiger partial charge in [0, 0.05) is 19.2 Å². The number of nitrogens with zero attached hydrogens (tertiary/aromatic N) is 1. The quantitative estimate of drug-likeness (QED) is 0.896. The van der Waals surface area contributed by atoms with Crippen LogP contribution in [0.4, 0.5) is 10.5 Å². The van der Waals surface area contributed by atoms with Crippen LogP contribution in [0.25, 0.3) is 0 Å². The maximum absolute atomic E-state index is 11.9. The number of rotatable bonds is 4. The molecule has 1 rings (SSSR count). The molecule has 1 aromatic rings. The lowest BCUT2D eigenvalue weighted by molar-refractivity contribution is 0.0693. The van der Waals surface area contributed by atoms with Gasteiger partial charge in [0.1, 0.15) is 11.3 Å². The van der Waals surface area contributed by atoms with Crippen LogP contribution < -0.4 is 10.1 Å². The van der Waals surface area contributed by atoms with Crippen molar-refractivity contribution in [1.29, 1.82) is 0 Å². The lowest BCUT2D eigenvalue weighted by Crippen LogP contribution is -2.36. The van der Waals surface area contributed by atoms with Gasteiger partial charge in [-0.3, -0.25) is 0 Å². The van der Waals surface area contributed by atoms with Crippen molar-refractivity contribution in [2.45, 2.75) is 19.9 Å². The highest BCUT2D eigenvalue weighted by Crippen LogP contribution is 2.31. The molecular formula is C13H17ClN2O4. The topological polar surface area (TPSA) is 78.9 Å². The molecule has 110 valence electrons. The number of hydrogen-bond acceptors (Lipinski definition) is 3. The number of urea groups is 1. The Hall–Kier alpha value is -1.95. The molecule has 0 radical (unpaired) electrons. The lowest BCUT2D eigenvalue weighted by Gasteiger charge is -2.22. The van der Waals surface area contributed by atoms with E-state index in [9.17, 15) is 9.59 Å². The van der Waals surface area contributed by atoms with Crippen LogP contribution in [0.2, 0.25) is 5.02 Å². The lowest BCUT2D eigenvalue weighted by atomic mass is 10.2. The van der Waals surface area contributed by atoms with E-state index in [0.29, 0.717) is 5.69 Å². The Kier molecular flexibility index (Phi) is 5.21. The molecule has 0 fully saturated rings. The second-order valence-corrected chi connectivity index (χ2v) is 4.88. The van der Waals surface area contributed by atoms with Gasteiger partial charge in [-0.25, -0.2) is 9.59 Å². The van der Waals surface area contributed by atoms with Gasteiger partial charge in [-0.2, -0.15) is 0 Å². The number of carboxylic acid groups (broad SMARTS) is 1. The molecule has 0 saturated carbocycles. The van der Waals surface area contributed by atoms with Gasteiger partial charge in [0.15, 0.2) is 0 Å². The van der Waals surface area contributed by atoms with E-state index in [4.69, 9.17) is 21.4 Å². The number of anilines is 1. The summed E-state index contributed by atoms with van der Waals surface area (Å²) in [5.74, 6) is -1.02. The number of carboxylic acids is 1. The average Bonchev–Trinajstić information content (AvgIpc) is 2.39. The highest BCUT2D eigenvalue weighted by atomic mass is 35.5. The molecule has 0 aromatic heterocycles. The van der Waals surface area contributed by atoms with Gasteiger partial charge in [0.2, 0.25) is 0 Å². The van der Waals surface area contributed by atoms with Crippen LogP contribution in [0.15, 0.2) is 12.1 Å². The molecule has 0 aliphatic rings. The minimum atomic E-state index is -1.15. The van der Waals surface area contributed by atoms with Gasteiger partial charge in [-0.15, -0.1) is 0 Å².